The maximum absolute atomic E-state index is 13.1. The minimum atomic E-state index is -0.170. The number of rotatable bonds is 4. The molecule has 0 unspecified atom stereocenters. The van der Waals surface area contributed by atoms with Gasteiger partial charge < -0.3 is 14.0 Å². The number of anilines is 1. The topological polar surface area (TPSA) is 59.7 Å². The third-order valence-corrected chi connectivity index (χ3v) is 4.33. The minimum Gasteiger partial charge on any atom is -0.480 e. The zero-order valence-corrected chi connectivity index (χ0v) is 13.6. The zero-order valence-electron chi connectivity index (χ0n) is 13.6. The lowest BCUT2D eigenvalue weighted by Gasteiger charge is -2.18. The molecule has 0 aliphatic heterocycles. The lowest BCUT2D eigenvalue weighted by Crippen LogP contribution is -2.27. The van der Waals surface area contributed by atoms with E-state index in [9.17, 15) is 4.79 Å². The van der Waals surface area contributed by atoms with Gasteiger partial charge in [0.15, 0.2) is 5.69 Å². The van der Waals surface area contributed by atoms with E-state index in [1.165, 1.54) is 4.90 Å². The first-order valence-electron chi connectivity index (χ1n) is 7.94. The van der Waals surface area contributed by atoms with E-state index in [0.717, 1.165) is 24.2 Å². The third kappa shape index (κ3) is 2.31. The van der Waals surface area contributed by atoms with Crippen LogP contribution in [0.15, 0.2) is 42.7 Å². The summed E-state index contributed by atoms with van der Waals surface area (Å²) >= 11 is 0. The lowest BCUT2D eigenvalue weighted by molar-refractivity contribution is 0.0989. The summed E-state index contributed by atoms with van der Waals surface area (Å²) in [7, 11) is 3.26. The number of hydrogen-bond acceptors (Lipinski definition) is 4. The van der Waals surface area contributed by atoms with Gasteiger partial charge in [-0.1, -0.05) is 6.07 Å². The number of nitrogens with zero attached hydrogens (tertiary/aromatic N) is 4. The fourth-order valence-corrected chi connectivity index (χ4v) is 2.91. The van der Waals surface area contributed by atoms with Gasteiger partial charge in [-0.3, -0.25) is 4.79 Å². The molecule has 3 heterocycles. The molecule has 0 bridgehead atoms. The van der Waals surface area contributed by atoms with Crippen LogP contribution in [-0.2, 0) is 0 Å². The van der Waals surface area contributed by atoms with Gasteiger partial charge in [0, 0.05) is 25.4 Å². The highest BCUT2D eigenvalue weighted by atomic mass is 16.5. The Morgan fingerprint density at radius 3 is 2.88 bits per heavy atom. The molecule has 122 valence electrons. The second-order valence-corrected chi connectivity index (χ2v) is 5.94. The first-order chi connectivity index (χ1) is 11.7. The van der Waals surface area contributed by atoms with E-state index in [1.807, 2.05) is 34.9 Å². The zero-order chi connectivity index (χ0) is 16.7. The van der Waals surface area contributed by atoms with Gasteiger partial charge >= 0.3 is 0 Å². The van der Waals surface area contributed by atoms with E-state index in [1.54, 1.807) is 26.4 Å². The van der Waals surface area contributed by atoms with Crippen molar-refractivity contribution in [3.63, 3.8) is 0 Å². The number of methoxy groups -OCH3 is 1. The molecule has 3 aromatic rings. The molecule has 0 N–H and O–H groups in total. The van der Waals surface area contributed by atoms with Crippen molar-refractivity contribution in [2.45, 2.75) is 18.8 Å². The maximum Gasteiger partial charge on any atom is 0.279 e. The molecule has 24 heavy (non-hydrogen) atoms. The van der Waals surface area contributed by atoms with Gasteiger partial charge in [-0.25, -0.2) is 9.97 Å². The van der Waals surface area contributed by atoms with Gasteiger partial charge in [0.2, 0.25) is 5.88 Å². The summed E-state index contributed by atoms with van der Waals surface area (Å²) in [6, 6.07) is 9.41. The van der Waals surface area contributed by atoms with Crippen molar-refractivity contribution >= 4 is 17.1 Å². The van der Waals surface area contributed by atoms with Crippen LogP contribution in [-0.4, -0.2) is 34.4 Å². The molecular weight excluding hydrogens is 304 g/mol. The van der Waals surface area contributed by atoms with Crippen LogP contribution in [0.5, 0.6) is 5.88 Å². The molecule has 1 fully saturated rings. The monoisotopic (exact) mass is 322 g/mol. The Balaban J connectivity index is 1.78. The molecule has 0 saturated heterocycles. The predicted octanol–water partition coefficient (Wildman–Crippen LogP) is 2.89. The summed E-state index contributed by atoms with van der Waals surface area (Å²) in [5.74, 6) is 1.68. The predicted molar refractivity (Wildman–Crippen MR) is 90.7 cm³/mol. The minimum absolute atomic E-state index is 0.170. The van der Waals surface area contributed by atoms with Crippen molar-refractivity contribution in [1.29, 1.82) is 0 Å². The molecule has 3 aromatic heterocycles. The Morgan fingerprint density at radius 2 is 2.12 bits per heavy atom. The fraction of sp³-hybridized carbons (Fsp3) is 0.278. The third-order valence-electron chi connectivity index (χ3n) is 4.33. The largest absolute Gasteiger partial charge is 0.480 e. The molecule has 0 radical (unpaired) electrons. The van der Waals surface area contributed by atoms with E-state index in [-0.39, 0.29) is 5.91 Å². The molecular formula is C18H18N4O2. The highest BCUT2D eigenvalue weighted by Crippen LogP contribution is 2.40. The van der Waals surface area contributed by atoms with Crippen molar-refractivity contribution in [2.75, 3.05) is 19.1 Å². The molecule has 1 aliphatic rings. The summed E-state index contributed by atoms with van der Waals surface area (Å²) in [5.41, 5.74) is 1.92. The van der Waals surface area contributed by atoms with Crippen molar-refractivity contribution in [2.24, 2.45) is 0 Å². The Hall–Kier alpha value is -2.89. The molecule has 0 spiro atoms. The van der Waals surface area contributed by atoms with E-state index in [2.05, 4.69) is 9.97 Å². The summed E-state index contributed by atoms with van der Waals surface area (Å²) < 4.78 is 7.29. The van der Waals surface area contributed by atoms with Crippen molar-refractivity contribution in [3.05, 3.63) is 54.2 Å². The average Bonchev–Trinajstić information content (AvgIpc) is 3.41. The van der Waals surface area contributed by atoms with E-state index in [0.29, 0.717) is 23.2 Å². The number of aromatic nitrogens is 3. The van der Waals surface area contributed by atoms with Gasteiger partial charge in [0.05, 0.1) is 12.6 Å². The smallest absolute Gasteiger partial charge is 0.279 e. The van der Waals surface area contributed by atoms with E-state index < -0.39 is 0 Å². The van der Waals surface area contributed by atoms with Gasteiger partial charge in [-0.15, -0.1) is 0 Å². The molecule has 1 aliphatic carbocycles. The SMILES string of the molecule is COc1ncccc1N(C)C(=O)c1nc(C2CC2)n2ccccc12. The molecule has 1 saturated carbocycles. The van der Waals surface area contributed by atoms with E-state index >= 15 is 0 Å². The molecule has 6 nitrogen and oxygen atoms in total. The summed E-state index contributed by atoms with van der Waals surface area (Å²) in [5, 5.41) is 0. The van der Waals surface area contributed by atoms with Gasteiger partial charge in [-0.2, -0.15) is 0 Å². The van der Waals surface area contributed by atoms with Crippen LogP contribution in [0.2, 0.25) is 0 Å². The number of imidazole rings is 1. The Labute approximate surface area is 139 Å². The van der Waals surface area contributed by atoms with Crippen molar-refractivity contribution in [1.82, 2.24) is 14.4 Å². The number of amides is 1. The summed E-state index contributed by atoms with van der Waals surface area (Å²) in [4.78, 5) is 23.4. The number of fused-ring (bicyclic) bond motifs is 1. The first-order valence-corrected chi connectivity index (χ1v) is 7.94. The first kappa shape index (κ1) is 14.7. The van der Waals surface area contributed by atoms with Gasteiger partial charge in [-0.05, 0) is 37.1 Å². The lowest BCUT2D eigenvalue weighted by atomic mass is 10.2. The van der Waals surface area contributed by atoms with Gasteiger partial charge in [0.1, 0.15) is 11.5 Å². The standard InChI is InChI=1S/C18H18N4O2/c1-21(14-7-5-10-19-17(14)24-2)18(23)15-13-6-3-4-11-22(13)16(20-15)12-8-9-12/h3-7,10-12H,8-9H2,1-2H3. The van der Waals surface area contributed by atoms with Crippen LogP contribution in [0.4, 0.5) is 5.69 Å². The van der Waals surface area contributed by atoms with Crippen LogP contribution in [0.25, 0.3) is 5.52 Å². The van der Waals surface area contributed by atoms with Gasteiger partial charge in [0.25, 0.3) is 5.91 Å². The van der Waals surface area contributed by atoms with E-state index in [4.69, 9.17) is 4.74 Å². The Morgan fingerprint density at radius 1 is 1.29 bits per heavy atom. The number of carbonyl (C=O) groups excluding carboxylic acids is 1. The molecule has 6 heteroatoms. The van der Waals surface area contributed by atoms with Crippen LogP contribution in [0.3, 0.4) is 0 Å². The second kappa shape index (κ2) is 5.63. The number of pyridine rings is 2. The normalized spacial score (nSPS) is 13.9. The number of carbonyl (C=O) groups is 1. The quantitative estimate of drug-likeness (QED) is 0.741. The maximum atomic E-state index is 13.1. The number of ether oxygens (including phenoxy) is 1. The molecule has 0 aromatic carbocycles. The second-order valence-electron chi connectivity index (χ2n) is 5.94. The molecule has 0 atom stereocenters. The summed E-state index contributed by atoms with van der Waals surface area (Å²) in [6.07, 6.45) is 5.87. The van der Waals surface area contributed by atoms with Crippen LogP contribution < -0.4 is 9.64 Å². The van der Waals surface area contributed by atoms with Crippen molar-refractivity contribution in [3.8, 4) is 5.88 Å². The molecule has 4 rings (SSSR count). The Kier molecular flexibility index (Phi) is 3.45. The van der Waals surface area contributed by atoms with Crippen LogP contribution >= 0.6 is 0 Å². The molecule has 1 amide bonds. The number of hydrogen-bond donors (Lipinski definition) is 0. The Bertz CT molecular complexity index is 914. The van der Waals surface area contributed by atoms with Crippen molar-refractivity contribution < 1.29 is 9.53 Å². The highest BCUT2D eigenvalue weighted by Gasteiger charge is 2.31. The summed E-state index contributed by atoms with van der Waals surface area (Å²) in [6.45, 7) is 0. The van der Waals surface area contributed by atoms with Crippen LogP contribution in [0.1, 0.15) is 35.1 Å². The fourth-order valence-electron chi connectivity index (χ4n) is 2.91. The average molecular weight is 322 g/mol. The highest BCUT2D eigenvalue weighted by molar-refractivity contribution is 6.09. The van der Waals surface area contributed by atoms with Crippen LogP contribution in [0, 0.1) is 0 Å².